The molecule has 1 heterocycles. The molecule has 2 nitrogen and oxygen atoms in total. The van der Waals surface area contributed by atoms with Gasteiger partial charge in [0.05, 0.1) is 6.61 Å². The third-order valence-corrected chi connectivity index (χ3v) is 3.72. The van der Waals surface area contributed by atoms with Gasteiger partial charge in [0, 0.05) is 6.54 Å². The number of rotatable bonds is 7. The molecule has 1 aromatic rings. The quantitative estimate of drug-likeness (QED) is 0.548. The van der Waals surface area contributed by atoms with Crippen molar-refractivity contribution in [2.45, 2.75) is 32.6 Å². The maximum atomic E-state index is 6.01. The number of para-hydroxylation sites is 1. The Labute approximate surface area is 117 Å². The number of allylic oxidation sites excluding steroid dienone is 1. The van der Waals surface area contributed by atoms with Crippen molar-refractivity contribution in [3.8, 4) is 5.75 Å². The predicted molar refractivity (Wildman–Crippen MR) is 80.9 cm³/mol. The van der Waals surface area contributed by atoms with Crippen LogP contribution in [0.2, 0.25) is 0 Å². The molecular weight excluding hydrogens is 234 g/mol. The van der Waals surface area contributed by atoms with Crippen LogP contribution in [-0.2, 0) is 6.42 Å². The van der Waals surface area contributed by atoms with E-state index in [2.05, 4.69) is 36.6 Å². The molecule has 0 amide bonds. The van der Waals surface area contributed by atoms with E-state index in [0.717, 1.165) is 25.2 Å². The highest BCUT2D eigenvalue weighted by Crippen LogP contribution is 2.24. The Morgan fingerprint density at radius 2 is 2.11 bits per heavy atom. The minimum atomic E-state index is 0.811. The zero-order valence-corrected chi connectivity index (χ0v) is 12.0. The second-order valence-corrected chi connectivity index (χ2v) is 5.31. The molecule has 0 saturated carbocycles. The van der Waals surface area contributed by atoms with E-state index in [1.165, 1.54) is 43.6 Å². The number of ether oxygens (including phenoxy) is 1. The van der Waals surface area contributed by atoms with Crippen molar-refractivity contribution < 1.29 is 4.74 Å². The first-order valence-corrected chi connectivity index (χ1v) is 7.36. The molecule has 0 N–H and O–H groups in total. The summed E-state index contributed by atoms with van der Waals surface area (Å²) in [7, 11) is 0. The molecule has 2 heteroatoms. The fourth-order valence-electron chi connectivity index (χ4n) is 2.70. The standard InChI is InChI=1S/C17H25NO/c1-3-8-16-10-6-9-15(2)17(16)19-14-7-13-18-11-4-5-12-18/h3,6,9-10H,1,4-5,7-8,11-14H2,2H3. The lowest BCUT2D eigenvalue weighted by Crippen LogP contribution is -2.22. The normalized spacial score (nSPS) is 15.6. The van der Waals surface area contributed by atoms with Gasteiger partial charge in [0.25, 0.3) is 0 Å². The fraction of sp³-hybridized carbons (Fsp3) is 0.529. The van der Waals surface area contributed by atoms with Crippen molar-refractivity contribution in [2.24, 2.45) is 0 Å². The molecule has 1 aliphatic rings. The molecule has 0 bridgehead atoms. The Hall–Kier alpha value is -1.28. The molecule has 1 fully saturated rings. The van der Waals surface area contributed by atoms with E-state index < -0.39 is 0 Å². The third kappa shape index (κ3) is 4.10. The van der Waals surface area contributed by atoms with Gasteiger partial charge in [-0.2, -0.15) is 0 Å². The first-order chi connectivity index (χ1) is 9.31. The van der Waals surface area contributed by atoms with Crippen LogP contribution in [0.15, 0.2) is 30.9 Å². The number of hydrogen-bond acceptors (Lipinski definition) is 2. The number of nitrogens with zero attached hydrogens (tertiary/aromatic N) is 1. The van der Waals surface area contributed by atoms with Gasteiger partial charge >= 0.3 is 0 Å². The number of benzene rings is 1. The maximum absolute atomic E-state index is 6.01. The Balaban J connectivity index is 1.82. The third-order valence-electron chi connectivity index (χ3n) is 3.72. The van der Waals surface area contributed by atoms with Gasteiger partial charge in [-0.15, -0.1) is 6.58 Å². The molecule has 0 radical (unpaired) electrons. The zero-order chi connectivity index (χ0) is 13.5. The summed E-state index contributed by atoms with van der Waals surface area (Å²) >= 11 is 0. The second kappa shape index (κ2) is 7.34. The van der Waals surface area contributed by atoms with E-state index in [1.807, 2.05) is 6.08 Å². The average Bonchev–Trinajstić information content (AvgIpc) is 2.90. The monoisotopic (exact) mass is 259 g/mol. The van der Waals surface area contributed by atoms with Crippen LogP contribution in [-0.4, -0.2) is 31.1 Å². The summed E-state index contributed by atoms with van der Waals surface area (Å²) in [5, 5.41) is 0. The average molecular weight is 259 g/mol. The summed E-state index contributed by atoms with van der Waals surface area (Å²) in [6.45, 7) is 10.4. The van der Waals surface area contributed by atoms with E-state index in [1.54, 1.807) is 0 Å². The zero-order valence-electron chi connectivity index (χ0n) is 12.0. The van der Waals surface area contributed by atoms with Crippen molar-refractivity contribution in [1.82, 2.24) is 4.90 Å². The Kier molecular flexibility index (Phi) is 5.46. The number of aryl methyl sites for hydroxylation is 1. The lowest BCUT2D eigenvalue weighted by atomic mass is 10.1. The summed E-state index contributed by atoms with van der Waals surface area (Å²) in [5.41, 5.74) is 2.47. The van der Waals surface area contributed by atoms with E-state index in [0.29, 0.717) is 0 Å². The highest BCUT2D eigenvalue weighted by molar-refractivity contribution is 5.41. The molecule has 1 saturated heterocycles. The molecule has 19 heavy (non-hydrogen) atoms. The highest BCUT2D eigenvalue weighted by atomic mass is 16.5. The molecule has 104 valence electrons. The largest absolute Gasteiger partial charge is 0.493 e. The van der Waals surface area contributed by atoms with Crippen molar-refractivity contribution in [1.29, 1.82) is 0 Å². The van der Waals surface area contributed by atoms with Crippen molar-refractivity contribution in [2.75, 3.05) is 26.2 Å². The van der Waals surface area contributed by atoms with Crippen molar-refractivity contribution in [3.63, 3.8) is 0 Å². The second-order valence-electron chi connectivity index (χ2n) is 5.31. The van der Waals surface area contributed by atoms with Crippen molar-refractivity contribution >= 4 is 0 Å². The van der Waals surface area contributed by atoms with Crippen LogP contribution in [0.1, 0.15) is 30.4 Å². The smallest absolute Gasteiger partial charge is 0.125 e. The molecule has 1 aromatic carbocycles. The van der Waals surface area contributed by atoms with Gasteiger partial charge in [-0.3, -0.25) is 0 Å². The van der Waals surface area contributed by atoms with Gasteiger partial charge < -0.3 is 9.64 Å². The Bertz CT molecular complexity index is 408. The minimum absolute atomic E-state index is 0.811. The van der Waals surface area contributed by atoms with Crippen LogP contribution >= 0.6 is 0 Å². The fourth-order valence-corrected chi connectivity index (χ4v) is 2.70. The molecule has 1 aliphatic heterocycles. The lowest BCUT2D eigenvalue weighted by Gasteiger charge is -2.16. The summed E-state index contributed by atoms with van der Waals surface area (Å²) in [6.07, 6.45) is 6.65. The molecule has 0 unspecified atom stereocenters. The first-order valence-electron chi connectivity index (χ1n) is 7.36. The van der Waals surface area contributed by atoms with Gasteiger partial charge in [-0.25, -0.2) is 0 Å². The lowest BCUT2D eigenvalue weighted by molar-refractivity contribution is 0.261. The first kappa shape index (κ1) is 14.1. The van der Waals surface area contributed by atoms with Crippen LogP contribution in [0.4, 0.5) is 0 Å². The minimum Gasteiger partial charge on any atom is -0.493 e. The van der Waals surface area contributed by atoms with Crippen molar-refractivity contribution in [3.05, 3.63) is 42.0 Å². The Morgan fingerprint density at radius 1 is 1.32 bits per heavy atom. The highest BCUT2D eigenvalue weighted by Gasteiger charge is 2.11. The Morgan fingerprint density at radius 3 is 2.84 bits per heavy atom. The molecular formula is C17H25NO. The summed E-state index contributed by atoms with van der Waals surface area (Å²) < 4.78 is 6.01. The maximum Gasteiger partial charge on any atom is 0.125 e. The van der Waals surface area contributed by atoms with Gasteiger partial charge in [0.2, 0.25) is 0 Å². The molecule has 0 spiro atoms. The topological polar surface area (TPSA) is 12.5 Å². The van der Waals surface area contributed by atoms with E-state index in [9.17, 15) is 0 Å². The number of likely N-dealkylation sites (tertiary alicyclic amines) is 1. The molecule has 0 aromatic heterocycles. The van der Waals surface area contributed by atoms with Crippen LogP contribution in [0.25, 0.3) is 0 Å². The SMILES string of the molecule is C=CCc1cccc(C)c1OCCCN1CCCC1. The predicted octanol–water partition coefficient (Wildman–Crippen LogP) is 3.59. The van der Waals surface area contributed by atoms with Gasteiger partial charge in [-0.1, -0.05) is 24.3 Å². The van der Waals surface area contributed by atoms with Gasteiger partial charge in [-0.05, 0) is 56.8 Å². The summed E-state index contributed by atoms with van der Waals surface area (Å²) in [5.74, 6) is 1.06. The van der Waals surface area contributed by atoms with E-state index in [-0.39, 0.29) is 0 Å². The van der Waals surface area contributed by atoms with Crippen LogP contribution in [0.3, 0.4) is 0 Å². The summed E-state index contributed by atoms with van der Waals surface area (Å²) in [6, 6.07) is 6.33. The molecule has 2 rings (SSSR count). The molecule has 0 atom stereocenters. The number of hydrogen-bond donors (Lipinski definition) is 0. The van der Waals surface area contributed by atoms with Gasteiger partial charge in [0.15, 0.2) is 0 Å². The molecule has 0 aliphatic carbocycles. The van der Waals surface area contributed by atoms with Crippen LogP contribution in [0, 0.1) is 6.92 Å². The van der Waals surface area contributed by atoms with Gasteiger partial charge in [0.1, 0.15) is 5.75 Å². The van der Waals surface area contributed by atoms with Crippen LogP contribution < -0.4 is 4.74 Å². The van der Waals surface area contributed by atoms with E-state index in [4.69, 9.17) is 4.74 Å². The van der Waals surface area contributed by atoms with E-state index >= 15 is 0 Å². The summed E-state index contributed by atoms with van der Waals surface area (Å²) in [4.78, 5) is 2.53. The van der Waals surface area contributed by atoms with Crippen LogP contribution in [0.5, 0.6) is 5.75 Å².